The molecule has 2 N–H and O–H groups in total. The highest BCUT2D eigenvalue weighted by molar-refractivity contribution is 6.47. The van der Waals surface area contributed by atoms with Crippen molar-refractivity contribution in [2.24, 2.45) is 15.0 Å². The van der Waals surface area contributed by atoms with Crippen molar-refractivity contribution in [3.8, 4) is 0 Å². The van der Waals surface area contributed by atoms with Crippen LogP contribution < -0.4 is 5.32 Å². The number of hydrogen-bond donors (Lipinski definition) is 2. The summed E-state index contributed by atoms with van der Waals surface area (Å²) >= 11 is 0. The molecule has 0 bridgehead atoms. The molecular weight excluding hydrogens is 186 g/mol. The van der Waals surface area contributed by atoms with Crippen LogP contribution >= 0.6 is 0 Å². The van der Waals surface area contributed by atoms with Crippen molar-refractivity contribution in [2.45, 2.75) is 12.4 Å². The first kappa shape index (κ1) is 7.63. The fourth-order valence-electron chi connectivity index (χ4n) is 1.64. The maximum Gasteiger partial charge on any atom is 0.281 e. The van der Waals surface area contributed by atoms with Crippen LogP contribution in [-0.2, 0) is 4.79 Å². The average Bonchev–Trinajstić information content (AvgIpc) is 2.74. The number of amides is 1. The predicted octanol–water partition coefficient (Wildman–Crippen LogP) is -2.08. The van der Waals surface area contributed by atoms with Crippen LogP contribution in [0.3, 0.4) is 0 Å². The molecule has 72 valence electrons. The highest BCUT2D eigenvalue weighted by Crippen LogP contribution is 2.16. The quantitative estimate of drug-likeness (QED) is 0.462. The lowest BCUT2D eigenvalue weighted by atomic mass is 10.2. The third-order valence-electron chi connectivity index (χ3n) is 2.31. The highest BCUT2D eigenvalue weighted by Gasteiger charge is 2.43. The SMILES string of the molecule is O=C1C2=NC=NC2NC2=NCC(O)N12. The molecule has 2 atom stereocenters. The fraction of sp³-hybridized carbons (Fsp3) is 0.429. The summed E-state index contributed by atoms with van der Waals surface area (Å²) in [6, 6.07) is 0. The van der Waals surface area contributed by atoms with Crippen molar-refractivity contribution in [2.75, 3.05) is 6.54 Å². The molecule has 0 radical (unpaired) electrons. The van der Waals surface area contributed by atoms with Gasteiger partial charge in [-0.25, -0.2) is 19.9 Å². The smallest absolute Gasteiger partial charge is 0.281 e. The molecule has 7 heteroatoms. The molecule has 3 aliphatic heterocycles. The monoisotopic (exact) mass is 193 g/mol. The van der Waals surface area contributed by atoms with Gasteiger partial charge in [-0.2, -0.15) is 0 Å². The van der Waals surface area contributed by atoms with Gasteiger partial charge in [0.05, 0.1) is 6.54 Å². The zero-order valence-electron chi connectivity index (χ0n) is 7.08. The number of aliphatic hydroxyl groups is 1. The molecule has 0 aromatic heterocycles. The molecule has 0 saturated carbocycles. The van der Waals surface area contributed by atoms with Crippen LogP contribution in [0.15, 0.2) is 15.0 Å². The van der Waals surface area contributed by atoms with Gasteiger partial charge in [0.2, 0.25) is 5.96 Å². The number of carbonyl (C=O) groups is 1. The van der Waals surface area contributed by atoms with E-state index >= 15 is 0 Å². The number of aliphatic hydroxyl groups excluding tert-OH is 1. The van der Waals surface area contributed by atoms with E-state index in [0.29, 0.717) is 11.7 Å². The molecular formula is C7H7N5O2. The standard InChI is InChI=1S/C7H7N5O2/c13-3-1-8-7-11-5-4(9-2-10-5)6(14)12(3)7/h2-3,5,13H,1H2,(H,8,11). The van der Waals surface area contributed by atoms with Gasteiger partial charge in [0.1, 0.15) is 6.34 Å². The molecule has 1 amide bonds. The summed E-state index contributed by atoms with van der Waals surface area (Å²) in [5.41, 5.74) is 0.310. The number of carbonyl (C=O) groups excluding carboxylic acids is 1. The lowest BCUT2D eigenvalue weighted by molar-refractivity contribution is -0.126. The van der Waals surface area contributed by atoms with E-state index in [2.05, 4.69) is 20.3 Å². The highest BCUT2D eigenvalue weighted by atomic mass is 16.3. The molecule has 1 saturated heterocycles. The summed E-state index contributed by atoms with van der Waals surface area (Å²) in [7, 11) is 0. The van der Waals surface area contributed by atoms with Crippen LogP contribution in [0.1, 0.15) is 0 Å². The number of nitrogens with zero attached hydrogens (tertiary/aromatic N) is 4. The van der Waals surface area contributed by atoms with Gasteiger partial charge >= 0.3 is 0 Å². The van der Waals surface area contributed by atoms with E-state index in [4.69, 9.17) is 0 Å². The molecule has 0 spiro atoms. The van der Waals surface area contributed by atoms with Gasteiger partial charge in [-0.1, -0.05) is 0 Å². The van der Waals surface area contributed by atoms with Gasteiger partial charge < -0.3 is 10.4 Å². The van der Waals surface area contributed by atoms with Crippen molar-refractivity contribution < 1.29 is 9.90 Å². The lowest BCUT2D eigenvalue weighted by Gasteiger charge is -2.29. The van der Waals surface area contributed by atoms with Gasteiger partial charge in [-0.15, -0.1) is 0 Å². The lowest BCUT2D eigenvalue weighted by Crippen LogP contribution is -2.60. The Morgan fingerprint density at radius 1 is 1.64 bits per heavy atom. The number of aliphatic imine (C=N–C) groups is 3. The fourth-order valence-corrected chi connectivity index (χ4v) is 1.64. The number of rotatable bonds is 0. The first-order valence-corrected chi connectivity index (χ1v) is 4.19. The maximum absolute atomic E-state index is 11.7. The van der Waals surface area contributed by atoms with Crippen LogP contribution in [0.4, 0.5) is 0 Å². The summed E-state index contributed by atoms with van der Waals surface area (Å²) in [4.78, 5) is 24.7. The molecule has 7 nitrogen and oxygen atoms in total. The van der Waals surface area contributed by atoms with Gasteiger partial charge in [-0.3, -0.25) is 4.79 Å². The van der Waals surface area contributed by atoms with Gasteiger partial charge in [-0.05, 0) is 0 Å². The van der Waals surface area contributed by atoms with Gasteiger partial charge in [0.15, 0.2) is 18.1 Å². The average molecular weight is 193 g/mol. The molecule has 3 rings (SSSR count). The Balaban J connectivity index is 2.02. The van der Waals surface area contributed by atoms with Crippen molar-refractivity contribution in [3.05, 3.63) is 0 Å². The molecule has 3 heterocycles. The maximum atomic E-state index is 11.7. The Labute approximate surface area is 78.9 Å². The van der Waals surface area contributed by atoms with Crippen LogP contribution in [0.25, 0.3) is 0 Å². The van der Waals surface area contributed by atoms with Crippen molar-refractivity contribution in [3.63, 3.8) is 0 Å². The van der Waals surface area contributed by atoms with E-state index in [0.717, 1.165) is 0 Å². The molecule has 2 unspecified atom stereocenters. The molecule has 0 aromatic rings. The van der Waals surface area contributed by atoms with Crippen molar-refractivity contribution >= 4 is 23.9 Å². The zero-order chi connectivity index (χ0) is 9.71. The van der Waals surface area contributed by atoms with Crippen molar-refractivity contribution in [1.29, 1.82) is 0 Å². The summed E-state index contributed by atoms with van der Waals surface area (Å²) in [6.07, 6.45) is 0.0251. The molecule has 3 aliphatic rings. The number of nitrogens with one attached hydrogen (secondary N) is 1. The predicted molar refractivity (Wildman–Crippen MR) is 48.0 cm³/mol. The van der Waals surface area contributed by atoms with E-state index in [-0.39, 0.29) is 12.5 Å². The van der Waals surface area contributed by atoms with Crippen LogP contribution in [-0.4, -0.2) is 52.9 Å². The van der Waals surface area contributed by atoms with Crippen LogP contribution in [0.2, 0.25) is 0 Å². The van der Waals surface area contributed by atoms with Gasteiger partial charge in [0.25, 0.3) is 5.91 Å². The zero-order valence-corrected chi connectivity index (χ0v) is 7.08. The summed E-state index contributed by atoms with van der Waals surface area (Å²) in [5.74, 6) is 0.0560. The Morgan fingerprint density at radius 3 is 3.36 bits per heavy atom. The minimum atomic E-state index is -0.880. The second kappa shape index (κ2) is 2.38. The summed E-state index contributed by atoms with van der Waals surface area (Å²) < 4.78 is 0. The first-order valence-electron chi connectivity index (χ1n) is 4.19. The van der Waals surface area contributed by atoms with E-state index in [1.165, 1.54) is 11.2 Å². The third-order valence-corrected chi connectivity index (χ3v) is 2.31. The topological polar surface area (TPSA) is 89.7 Å². The Kier molecular flexibility index (Phi) is 1.30. The van der Waals surface area contributed by atoms with Crippen LogP contribution in [0.5, 0.6) is 0 Å². The third kappa shape index (κ3) is 0.791. The van der Waals surface area contributed by atoms with E-state index in [1.807, 2.05) is 0 Å². The van der Waals surface area contributed by atoms with Crippen LogP contribution in [0, 0.1) is 0 Å². The van der Waals surface area contributed by atoms with Gasteiger partial charge in [0, 0.05) is 0 Å². The number of hydrogen-bond acceptors (Lipinski definition) is 6. The van der Waals surface area contributed by atoms with E-state index < -0.39 is 12.4 Å². The largest absolute Gasteiger partial charge is 0.371 e. The van der Waals surface area contributed by atoms with E-state index in [1.54, 1.807) is 0 Å². The molecule has 0 aliphatic carbocycles. The second-order valence-corrected chi connectivity index (χ2v) is 3.15. The summed E-state index contributed by atoms with van der Waals surface area (Å²) in [6.45, 7) is 0.206. The number of fused-ring (bicyclic) bond motifs is 2. The molecule has 0 aromatic carbocycles. The Hall–Kier alpha value is -1.76. The molecule has 1 fully saturated rings. The van der Waals surface area contributed by atoms with E-state index in [9.17, 15) is 9.90 Å². The van der Waals surface area contributed by atoms with Crippen molar-refractivity contribution in [1.82, 2.24) is 10.2 Å². The minimum Gasteiger partial charge on any atom is -0.371 e. The first-order chi connectivity index (χ1) is 6.77. The Bertz CT molecular complexity index is 399. The minimum absolute atomic E-state index is 0.206. The normalized spacial score (nSPS) is 33.5. The molecule has 14 heavy (non-hydrogen) atoms. The second-order valence-electron chi connectivity index (χ2n) is 3.15. The Morgan fingerprint density at radius 2 is 2.50 bits per heavy atom. The summed E-state index contributed by atoms with van der Waals surface area (Å²) in [5, 5.41) is 12.4. The number of guanidine groups is 1.